The Morgan fingerprint density at radius 1 is 1.58 bits per heavy atom. The van der Waals surface area contributed by atoms with Gasteiger partial charge in [-0.25, -0.2) is 10.4 Å². The first-order valence-electron chi connectivity index (χ1n) is 4.99. The van der Waals surface area contributed by atoms with E-state index in [0.717, 1.165) is 6.54 Å². The number of hydrogen-bond acceptors (Lipinski definition) is 3. The third kappa shape index (κ3) is 2.44. The molecule has 0 amide bonds. The van der Waals surface area contributed by atoms with E-state index in [1.807, 2.05) is 0 Å². The van der Waals surface area contributed by atoms with Crippen LogP contribution in [0.15, 0.2) is 0 Å². The molecule has 0 saturated carbocycles. The fraction of sp³-hybridized carbons (Fsp3) is 1.00. The van der Waals surface area contributed by atoms with E-state index < -0.39 is 0 Å². The van der Waals surface area contributed by atoms with E-state index in [9.17, 15) is 0 Å². The van der Waals surface area contributed by atoms with Crippen LogP contribution in [-0.4, -0.2) is 36.3 Å². The van der Waals surface area contributed by atoms with Gasteiger partial charge in [0, 0.05) is 26.2 Å². The van der Waals surface area contributed by atoms with Crippen molar-refractivity contribution in [2.24, 2.45) is 0 Å². The lowest BCUT2D eigenvalue weighted by Gasteiger charge is -2.31. The first-order valence-corrected chi connectivity index (χ1v) is 4.99. The zero-order chi connectivity index (χ0) is 8.97. The molecule has 0 aliphatic carbocycles. The summed E-state index contributed by atoms with van der Waals surface area (Å²) in [4.78, 5) is 0. The molecule has 3 heteroatoms. The average molecular weight is 171 g/mol. The highest BCUT2D eigenvalue weighted by Gasteiger charge is 2.23. The molecule has 1 saturated heterocycles. The van der Waals surface area contributed by atoms with Crippen LogP contribution in [-0.2, 0) is 0 Å². The minimum Gasteiger partial charge on any atom is -0.242 e. The lowest BCUT2D eigenvalue weighted by molar-refractivity contribution is -0.0517. The summed E-state index contributed by atoms with van der Waals surface area (Å²) in [5.74, 6) is 0. The molecule has 72 valence electrons. The first kappa shape index (κ1) is 9.96. The van der Waals surface area contributed by atoms with Crippen molar-refractivity contribution in [1.29, 1.82) is 0 Å². The lowest BCUT2D eigenvalue weighted by Crippen LogP contribution is -2.49. The standard InChI is InChI=1S/C9H21N3/c1-4-7-10-11(3)12-8-5-6-9(12)2/h9-10H,4-8H2,1-3H3. The Bertz CT molecular complexity index is 127. The molecule has 1 aliphatic heterocycles. The van der Waals surface area contributed by atoms with Gasteiger partial charge in [0.05, 0.1) is 0 Å². The molecule has 0 radical (unpaired) electrons. The Hall–Kier alpha value is -0.120. The van der Waals surface area contributed by atoms with Crippen LogP contribution in [0.3, 0.4) is 0 Å². The quantitative estimate of drug-likeness (QED) is 0.642. The van der Waals surface area contributed by atoms with Gasteiger partial charge in [0.25, 0.3) is 0 Å². The molecule has 1 N–H and O–H groups in total. The molecule has 1 fully saturated rings. The van der Waals surface area contributed by atoms with Gasteiger partial charge in [-0.15, -0.1) is 0 Å². The van der Waals surface area contributed by atoms with E-state index in [-0.39, 0.29) is 0 Å². The molecule has 1 atom stereocenters. The maximum atomic E-state index is 3.36. The van der Waals surface area contributed by atoms with Crippen molar-refractivity contribution in [2.75, 3.05) is 20.1 Å². The van der Waals surface area contributed by atoms with Crippen molar-refractivity contribution in [1.82, 2.24) is 15.6 Å². The Morgan fingerprint density at radius 2 is 2.33 bits per heavy atom. The number of nitrogens with zero attached hydrogens (tertiary/aromatic N) is 2. The fourth-order valence-electron chi connectivity index (χ4n) is 1.73. The van der Waals surface area contributed by atoms with Gasteiger partial charge in [0.2, 0.25) is 0 Å². The highest BCUT2D eigenvalue weighted by atomic mass is 15.8. The Labute approximate surface area is 75.7 Å². The predicted octanol–water partition coefficient (Wildman–Crippen LogP) is 1.23. The normalized spacial score (nSPS) is 25.5. The van der Waals surface area contributed by atoms with Gasteiger partial charge in [0.1, 0.15) is 0 Å². The number of hydrazine groups is 2. The summed E-state index contributed by atoms with van der Waals surface area (Å²) in [6.07, 6.45) is 3.85. The van der Waals surface area contributed by atoms with Crippen LogP contribution in [0.4, 0.5) is 0 Å². The summed E-state index contributed by atoms with van der Waals surface area (Å²) in [5, 5.41) is 4.55. The Balaban J connectivity index is 2.25. The second kappa shape index (κ2) is 4.80. The highest BCUT2D eigenvalue weighted by Crippen LogP contribution is 2.16. The van der Waals surface area contributed by atoms with Crippen LogP contribution in [0.25, 0.3) is 0 Å². The molecule has 0 bridgehead atoms. The SMILES string of the molecule is CCCNN(C)N1CCCC1C. The van der Waals surface area contributed by atoms with Gasteiger partial charge in [-0.2, -0.15) is 5.12 Å². The van der Waals surface area contributed by atoms with Crippen LogP contribution in [0, 0.1) is 0 Å². The summed E-state index contributed by atoms with van der Waals surface area (Å²) < 4.78 is 0. The van der Waals surface area contributed by atoms with Gasteiger partial charge in [-0.05, 0) is 26.2 Å². The van der Waals surface area contributed by atoms with Crippen LogP contribution >= 0.6 is 0 Å². The van der Waals surface area contributed by atoms with E-state index in [2.05, 4.69) is 36.4 Å². The molecule has 1 heterocycles. The molecule has 0 spiro atoms. The zero-order valence-electron chi connectivity index (χ0n) is 8.51. The summed E-state index contributed by atoms with van der Waals surface area (Å²) in [7, 11) is 2.11. The number of hydrogen-bond donors (Lipinski definition) is 1. The lowest BCUT2D eigenvalue weighted by atomic mass is 10.3. The second-order valence-corrected chi connectivity index (χ2v) is 3.59. The maximum Gasteiger partial charge on any atom is 0.0231 e. The Kier molecular flexibility index (Phi) is 3.98. The van der Waals surface area contributed by atoms with Crippen LogP contribution in [0.5, 0.6) is 0 Å². The number of nitrogens with one attached hydrogen (secondary N) is 1. The second-order valence-electron chi connectivity index (χ2n) is 3.59. The molecular formula is C9H21N3. The van der Waals surface area contributed by atoms with Crippen LogP contribution in [0.2, 0.25) is 0 Å². The van der Waals surface area contributed by atoms with E-state index in [1.54, 1.807) is 0 Å². The van der Waals surface area contributed by atoms with Gasteiger partial charge in [-0.3, -0.25) is 0 Å². The van der Waals surface area contributed by atoms with Crippen molar-refractivity contribution >= 4 is 0 Å². The smallest absolute Gasteiger partial charge is 0.0231 e. The highest BCUT2D eigenvalue weighted by molar-refractivity contribution is 4.71. The molecule has 0 aromatic rings. The van der Waals surface area contributed by atoms with E-state index in [4.69, 9.17) is 0 Å². The van der Waals surface area contributed by atoms with Gasteiger partial charge in [0.15, 0.2) is 0 Å². The van der Waals surface area contributed by atoms with Crippen molar-refractivity contribution in [2.45, 2.75) is 39.2 Å². The molecule has 1 aliphatic rings. The summed E-state index contributed by atoms with van der Waals surface area (Å²) >= 11 is 0. The van der Waals surface area contributed by atoms with Crippen molar-refractivity contribution in [3.05, 3.63) is 0 Å². The monoisotopic (exact) mass is 171 g/mol. The van der Waals surface area contributed by atoms with Gasteiger partial charge >= 0.3 is 0 Å². The predicted molar refractivity (Wildman–Crippen MR) is 51.5 cm³/mol. The zero-order valence-corrected chi connectivity index (χ0v) is 8.51. The van der Waals surface area contributed by atoms with Gasteiger partial charge in [-0.1, -0.05) is 6.92 Å². The van der Waals surface area contributed by atoms with Crippen molar-refractivity contribution in [3.63, 3.8) is 0 Å². The van der Waals surface area contributed by atoms with E-state index >= 15 is 0 Å². The van der Waals surface area contributed by atoms with E-state index in [1.165, 1.54) is 25.8 Å². The molecule has 1 rings (SSSR count). The average Bonchev–Trinajstić information content (AvgIpc) is 2.47. The molecule has 3 nitrogen and oxygen atoms in total. The Morgan fingerprint density at radius 3 is 2.83 bits per heavy atom. The molecule has 0 aromatic heterocycles. The van der Waals surface area contributed by atoms with E-state index in [0.29, 0.717) is 6.04 Å². The van der Waals surface area contributed by atoms with Gasteiger partial charge < -0.3 is 0 Å². The minimum absolute atomic E-state index is 0.708. The maximum absolute atomic E-state index is 3.36. The molecule has 1 unspecified atom stereocenters. The molecular weight excluding hydrogens is 150 g/mol. The van der Waals surface area contributed by atoms with Crippen molar-refractivity contribution < 1.29 is 0 Å². The van der Waals surface area contributed by atoms with Crippen LogP contribution in [0.1, 0.15) is 33.1 Å². The summed E-state index contributed by atoms with van der Waals surface area (Å²) in [5.41, 5.74) is 3.36. The largest absolute Gasteiger partial charge is 0.242 e. The first-order chi connectivity index (χ1) is 5.75. The summed E-state index contributed by atoms with van der Waals surface area (Å²) in [6, 6.07) is 0.708. The third-order valence-corrected chi connectivity index (χ3v) is 2.49. The third-order valence-electron chi connectivity index (χ3n) is 2.49. The summed E-state index contributed by atoms with van der Waals surface area (Å²) in [6.45, 7) is 6.75. The van der Waals surface area contributed by atoms with Crippen LogP contribution < -0.4 is 5.43 Å². The fourth-order valence-corrected chi connectivity index (χ4v) is 1.73. The minimum atomic E-state index is 0.708. The van der Waals surface area contributed by atoms with Crippen molar-refractivity contribution in [3.8, 4) is 0 Å². The number of rotatable bonds is 4. The molecule has 0 aromatic carbocycles. The topological polar surface area (TPSA) is 18.5 Å². The molecule has 12 heavy (non-hydrogen) atoms.